The van der Waals surface area contributed by atoms with E-state index in [1.54, 1.807) is 0 Å². The molecule has 2 aromatic rings. The lowest BCUT2D eigenvalue weighted by Gasteiger charge is -2.20. The molecule has 110 valence electrons. The molecule has 1 aliphatic rings. The molecule has 2 aromatic carbocycles. The van der Waals surface area contributed by atoms with E-state index in [0.29, 0.717) is 11.8 Å². The van der Waals surface area contributed by atoms with Gasteiger partial charge >= 0.3 is 0 Å². The van der Waals surface area contributed by atoms with Crippen molar-refractivity contribution >= 4 is 11.4 Å². The first-order valence-electron chi connectivity index (χ1n) is 8.08. The van der Waals surface area contributed by atoms with Crippen LogP contribution >= 0.6 is 0 Å². The van der Waals surface area contributed by atoms with Crippen LogP contribution in [0.3, 0.4) is 0 Å². The number of anilines is 2. The second-order valence-corrected chi connectivity index (χ2v) is 6.70. The average molecular weight is 279 g/mol. The van der Waals surface area contributed by atoms with Crippen LogP contribution in [0.15, 0.2) is 36.4 Å². The zero-order chi connectivity index (χ0) is 15.0. The van der Waals surface area contributed by atoms with E-state index in [1.165, 1.54) is 33.6 Å². The highest BCUT2D eigenvalue weighted by Crippen LogP contribution is 2.38. The Morgan fingerprint density at radius 2 is 1.14 bits per heavy atom. The fourth-order valence-electron chi connectivity index (χ4n) is 3.32. The van der Waals surface area contributed by atoms with Crippen LogP contribution in [-0.4, -0.2) is 0 Å². The monoisotopic (exact) mass is 279 g/mol. The van der Waals surface area contributed by atoms with Crippen molar-refractivity contribution < 1.29 is 0 Å². The molecule has 0 unspecified atom stereocenters. The Bertz CT molecular complexity index is 595. The first-order valence-corrected chi connectivity index (χ1v) is 8.08. The topological polar surface area (TPSA) is 12.0 Å². The molecular formula is C20H25N. The summed E-state index contributed by atoms with van der Waals surface area (Å²) < 4.78 is 0. The molecule has 0 aromatic heterocycles. The van der Waals surface area contributed by atoms with Crippen molar-refractivity contribution in [1.82, 2.24) is 0 Å². The summed E-state index contributed by atoms with van der Waals surface area (Å²) in [6.07, 6.45) is 2.24. The Morgan fingerprint density at radius 3 is 1.52 bits per heavy atom. The van der Waals surface area contributed by atoms with Gasteiger partial charge in [0, 0.05) is 11.4 Å². The van der Waals surface area contributed by atoms with Gasteiger partial charge < -0.3 is 5.32 Å². The molecule has 0 fully saturated rings. The van der Waals surface area contributed by atoms with E-state index in [4.69, 9.17) is 0 Å². The molecule has 0 amide bonds. The number of hydrogen-bond donors (Lipinski definition) is 1. The van der Waals surface area contributed by atoms with Gasteiger partial charge in [-0.2, -0.15) is 0 Å². The lowest BCUT2D eigenvalue weighted by molar-refractivity contribution is 0.862. The van der Waals surface area contributed by atoms with Gasteiger partial charge in [-0.3, -0.25) is 0 Å². The summed E-state index contributed by atoms with van der Waals surface area (Å²) in [4.78, 5) is 0. The van der Waals surface area contributed by atoms with Crippen molar-refractivity contribution in [3.05, 3.63) is 58.7 Å². The molecule has 0 aliphatic carbocycles. The molecule has 3 rings (SSSR count). The van der Waals surface area contributed by atoms with Gasteiger partial charge in [-0.15, -0.1) is 0 Å². The largest absolute Gasteiger partial charge is 0.355 e. The number of fused-ring (bicyclic) bond motifs is 2. The van der Waals surface area contributed by atoms with E-state index >= 15 is 0 Å². The second-order valence-electron chi connectivity index (χ2n) is 6.70. The van der Waals surface area contributed by atoms with Crippen LogP contribution < -0.4 is 5.32 Å². The summed E-state index contributed by atoms with van der Waals surface area (Å²) in [6, 6.07) is 13.5. The zero-order valence-corrected chi connectivity index (χ0v) is 13.5. The van der Waals surface area contributed by atoms with Crippen molar-refractivity contribution in [2.24, 2.45) is 0 Å². The zero-order valence-electron chi connectivity index (χ0n) is 13.5. The predicted molar refractivity (Wildman–Crippen MR) is 91.8 cm³/mol. The first-order chi connectivity index (χ1) is 10.1. The Kier molecular flexibility index (Phi) is 3.75. The van der Waals surface area contributed by atoms with Gasteiger partial charge in [0.05, 0.1) is 0 Å². The van der Waals surface area contributed by atoms with Gasteiger partial charge in [0.2, 0.25) is 0 Å². The normalized spacial score (nSPS) is 13.6. The second kappa shape index (κ2) is 5.55. The molecule has 0 spiro atoms. The van der Waals surface area contributed by atoms with Crippen LogP contribution in [-0.2, 0) is 12.8 Å². The Balaban J connectivity index is 2.16. The summed E-state index contributed by atoms with van der Waals surface area (Å²) in [7, 11) is 0. The minimum Gasteiger partial charge on any atom is -0.355 e. The molecule has 1 heterocycles. The Morgan fingerprint density at radius 1 is 0.714 bits per heavy atom. The van der Waals surface area contributed by atoms with E-state index in [0.717, 1.165) is 12.8 Å². The van der Waals surface area contributed by atoms with Gasteiger partial charge in [-0.25, -0.2) is 0 Å². The van der Waals surface area contributed by atoms with Crippen molar-refractivity contribution in [1.29, 1.82) is 0 Å². The summed E-state index contributed by atoms with van der Waals surface area (Å²) in [5.74, 6) is 1.08. The summed E-state index contributed by atoms with van der Waals surface area (Å²) in [6.45, 7) is 9.10. The van der Waals surface area contributed by atoms with E-state index in [-0.39, 0.29) is 0 Å². The van der Waals surface area contributed by atoms with Crippen molar-refractivity contribution in [2.45, 2.75) is 52.4 Å². The van der Waals surface area contributed by atoms with E-state index in [2.05, 4.69) is 69.4 Å². The predicted octanol–water partition coefficient (Wildman–Crippen LogP) is 5.78. The van der Waals surface area contributed by atoms with E-state index in [9.17, 15) is 0 Å². The fourth-order valence-corrected chi connectivity index (χ4v) is 3.32. The van der Waals surface area contributed by atoms with Crippen LogP contribution in [0.4, 0.5) is 11.4 Å². The number of aryl methyl sites for hydroxylation is 2. The van der Waals surface area contributed by atoms with Crippen LogP contribution in [0.25, 0.3) is 0 Å². The third kappa shape index (κ3) is 2.57. The van der Waals surface area contributed by atoms with E-state index < -0.39 is 0 Å². The Hall–Kier alpha value is -1.76. The highest BCUT2D eigenvalue weighted by atomic mass is 14.9. The molecule has 0 atom stereocenters. The van der Waals surface area contributed by atoms with Gasteiger partial charge in [-0.05, 0) is 46.9 Å². The maximum Gasteiger partial charge on any atom is 0.0452 e. The summed E-state index contributed by atoms with van der Waals surface area (Å²) in [5.41, 5.74) is 8.45. The highest BCUT2D eigenvalue weighted by molar-refractivity contribution is 5.74. The molecule has 21 heavy (non-hydrogen) atoms. The van der Waals surface area contributed by atoms with Crippen molar-refractivity contribution in [2.75, 3.05) is 5.32 Å². The molecule has 1 heteroatoms. The molecule has 0 bridgehead atoms. The van der Waals surface area contributed by atoms with Crippen molar-refractivity contribution in [3.8, 4) is 0 Å². The first kappa shape index (κ1) is 14.2. The number of hydrogen-bond acceptors (Lipinski definition) is 1. The number of rotatable bonds is 2. The lowest BCUT2D eigenvalue weighted by atomic mass is 9.96. The maximum atomic E-state index is 3.80. The third-order valence-corrected chi connectivity index (χ3v) is 4.52. The molecule has 1 aliphatic heterocycles. The molecule has 1 nitrogen and oxygen atoms in total. The maximum absolute atomic E-state index is 3.80. The number of benzene rings is 2. The van der Waals surface area contributed by atoms with Crippen LogP contribution in [0.1, 0.15) is 61.8 Å². The van der Waals surface area contributed by atoms with Crippen LogP contribution in [0, 0.1) is 0 Å². The summed E-state index contributed by atoms with van der Waals surface area (Å²) in [5, 5.41) is 3.80. The van der Waals surface area contributed by atoms with Crippen LogP contribution in [0.2, 0.25) is 0 Å². The minimum absolute atomic E-state index is 0.542. The highest BCUT2D eigenvalue weighted by Gasteiger charge is 2.19. The summed E-state index contributed by atoms with van der Waals surface area (Å²) >= 11 is 0. The van der Waals surface area contributed by atoms with Gasteiger partial charge in [0.25, 0.3) is 0 Å². The molecule has 1 N–H and O–H groups in total. The average Bonchev–Trinajstić information content (AvgIpc) is 2.65. The smallest absolute Gasteiger partial charge is 0.0452 e. The fraction of sp³-hybridized carbons (Fsp3) is 0.400. The standard InChI is InChI=1S/C20H25N/c1-13(2)17-9-5-7-15-11-12-16-8-6-10-18(14(3)4)20(16)21-19(15)17/h5-10,13-14,21H,11-12H2,1-4H3. The SMILES string of the molecule is CC(C)c1cccc2c1Nc1c(cccc1C(C)C)CC2. The molecule has 0 saturated carbocycles. The molecular weight excluding hydrogens is 254 g/mol. The van der Waals surface area contributed by atoms with Gasteiger partial charge in [0.15, 0.2) is 0 Å². The number of para-hydroxylation sites is 2. The third-order valence-electron chi connectivity index (χ3n) is 4.52. The van der Waals surface area contributed by atoms with Crippen molar-refractivity contribution in [3.63, 3.8) is 0 Å². The molecule has 0 saturated heterocycles. The Labute approximate surface area is 128 Å². The quantitative estimate of drug-likeness (QED) is 0.735. The molecule has 0 radical (unpaired) electrons. The van der Waals surface area contributed by atoms with Gasteiger partial charge in [0.1, 0.15) is 0 Å². The van der Waals surface area contributed by atoms with Gasteiger partial charge in [-0.1, -0.05) is 64.1 Å². The lowest BCUT2D eigenvalue weighted by Crippen LogP contribution is -2.03. The number of nitrogens with one attached hydrogen (secondary N) is 1. The minimum atomic E-state index is 0.542. The van der Waals surface area contributed by atoms with E-state index in [1.807, 2.05) is 0 Å². The van der Waals surface area contributed by atoms with Crippen LogP contribution in [0.5, 0.6) is 0 Å².